The summed E-state index contributed by atoms with van der Waals surface area (Å²) in [5, 5.41) is 8.69. The van der Waals surface area contributed by atoms with Gasteiger partial charge < -0.3 is 24.1 Å². The molecule has 7 nitrogen and oxygen atoms in total. The van der Waals surface area contributed by atoms with Gasteiger partial charge in [-0.25, -0.2) is 4.79 Å². The summed E-state index contributed by atoms with van der Waals surface area (Å²) < 4.78 is 21.1. The highest BCUT2D eigenvalue weighted by molar-refractivity contribution is 5.74. The summed E-state index contributed by atoms with van der Waals surface area (Å²) in [6.45, 7) is 2.92. The van der Waals surface area contributed by atoms with Gasteiger partial charge in [-0.15, -0.1) is 0 Å². The first-order valence-electron chi connectivity index (χ1n) is 9.43. The number of carbonyl (C=O) groups is 2. The molecule has 0 aliphatic carbocycles. The molecule has 2 rings (SSSR count). The van der Waals surface area contributed by atoms with Crippen molar-refractivity contribution in [3.05, 3.63) is 0 Å². The Kier molecular flexibility index (Phi) is 8.48. The molecular formula is C18H30O7. The van der Waals surface area contributed by atoms with Crippen LogP contribution in [0.15, 0.2) is 0 Å². The van der Waals surface area contributed by atoms with Gasteiger partial charge in [0, 0.05) is 0 Å². The van der Waals surface area contributed by atoms with Gasteiger partial charge in [0.2, 0.25) is 0 Å². The van der Waals surface area contributed by atoms with E-state index in [-0.39, 0.29) is 19.2 Å². The first-order valence-corrected chi connectivity index (χ1v) is 9.43. The minimum Gasteiger partial charge on any atom is -0.465 e. The lowest BCUT2D eigenvalue weighted by molar-refractivity contribution is -0.152. The SMILES string of the molecule is CCCCCCCCCCOC(=O)C1COC2C(OC(=O)O)COC12. The number of unbranched alkanes of at least 4 members (excludes halogenated alkanes) is 7. The summed E-state index contributed by atoms with van der Waals surface area (Å²) in [5.74, 6) is -0.826. The van der Waals surface area contributed by atoms with E-state index >= 15 is 0 Å². The highest BCUT2D eigenvalue weighted by atomic mass is 16.7. The average Bonchev–Trinajstić information content (AvgIpc) is 3.16. The van der Waals surface area contributed by atoms with E-state index in [1.807, 2.05) is 0 Å². The molecule has 2 aliphatic rings. The summed E-state index contributed by atoms with van der Waals surface area (Å²) in [5.41, 5.74) is 0. The fourth-order valence-electron chi connectivity index (χ4n) is 3.41. The molecule has 0 aromatic rings. The summed E-state index contributed by atoms with van der Waals surface area (Å²) in [4.78, 5) is 22.8. The van der Waals surface area contributed by atoms with Crippen molar-refractivity contribution in [2.24, 2.45) is 5.92 Å². The van der Waals surface area contributed by atoms with Crippen molar-refractivity contribution in [3.8, 4) is 0 Å². The number of hydrogen-bond donors (Lipinski definition) is 1. The molecule has 7 heteroatoms. The van der Waals surface area contributed by atoms with Crippen LogP contribution < -0.4 is 0 Å². The van der Waals surface area contributed by atoms with Crippen LogP contribution in [-0.4, -0.2) is 55.4 Å². The third-order valence-corrected chi connectivity index (χ3v) is 4.81. The number of fused-ring (bicyclic) bond motifs is 1. The van der Waals surface area contributed by atoms with Gasteiger partial charge in [-0.1, -0.05) is 51.9 Å². The lowest BCUT2D eigenvalue weighted by atomic mass is 10.0. The second-order valence-electron chi connectivity index (χ2n) is 6.77. The Labute approximate surface area is 149 Å². The molecule has 2 heterocycles. The van der Waals surface area contributed by atoms with Crippen LogP contribution in [0.5, 0.6) is 0 Å². The second-order valence-corrected chi connectivity index (χ2v) is 6.77. The molecule has 2 saturated heterocycles. The number of carboxylic acid groups (broad SMARTS) is 1. The molecule has 2 aliphatic heterocycles. The van der Waals surface area contributed by atoms with E-state index in [2.05, 4.69) is 6.92 Å². The second kappa shape index (κ2) is 10.6. The zero-order valence-corrected chi connectivity index (χ0v) is 15.0. The van der Waals surface area contributed by atoms with E-state index in [4.69, 9.17) is 24.1 Å². The molecule has 0 aromatic carbocycles. The Balaban J connectivity index is 1.57. The number of esters is 1. The smallest absolute Gasteiger partial charge is 0.465 e. The monoisotopic (exact) mass is 358 g/mol. The minimum absolute atomic E-state index is 0.115. The quantitative estimate of drug-likeness (QED) is 0.448. The predicted octanol–water partition coefficient (Wildman–Crippen LogP) is 3.15. The van der Waals surface area contributed by atoms with E-state index in [9.17, 15) is 9.59 Å². The lowest BCUT2D eigenvalue weighted by Crippen LogP contribution is -2.35. The van der Waals surface area contributed by atoms with Crippen LogP contribution in [0.2, 0.25) is 0 Å². The topological polar surface area (TPSA) is 91.3 Å². The maximum absolute atomic E-state index is 12.2. The van der Waals surface area contributed by atoms with Crippen LogP contribution in [0.4, 0.5) is 4.79 Å². The average molecular weight is 358 g/mol. The van der Waals surface area contributed by atoms with Gasteiger partial charge in [0.25, 0.3) is 0 Å². The van der Waals surface area contributed by atoms with Crippen molar-refractivity contribution in [3.63, 3.8) is 0 Å². The van der Waals surface area contributed by atoms with E-state index in [1.165, 1.54) is 38.5 Å². The largest absolute Gasteiger partial charge is 0.506 e. The van der Waals surface area contributed by atoms with E-state index in [0.29, 0.717) is 6.61 Å². The molecule has 0 aromatic heterocycles. The first kappa shape index (κ1) is 20.0. The highest BCUT2D eigenvalue weighted by Gasteiger charge is 2.52. The number of hydrogen-bond acceptors (Lipinski definition) is 6. The number of rotatable bonds is 11. The van der Waals surface area contributed by atoms with Crippen molar-refractivity contribution in [1.82, 2.24) is 0 Å². The zero-order chi connectivity index (χ0) is 18.1. The van der Waals surface area contributed by atoms with Gasteiger partial charge in [-0.3, -0.25) is 4.79 Å². The number of carbonyl (C=O) groups excluding carboxylic acids is 1. The van der Waals surface area contributed by atoms with Gasteiger partial charge in [0.05, 0.1) is 19.8 Å². The molecule has 0 radical (unpaired) electrons. The van der Waals surface area contributed by atoms with Crippen molar-refractivity contribution >= 4 is 12.1 Å². The Bertz CT molecular complexity index is 426. The van der Waals surface area contributed by atoms with Crippen LogP contribution in [-0.2, 0) is 23.7 Å². The molecule has 0 spiro atoms. The Morgan fingerprint density at radius 1 is 0.960 bits per heavy atom. The molecule has 0 saturated carbocycles. The van der Waals surface area contributed by atoms with Crippen molar-refractivity contribution < 1.29 is 33.6 Å². The number of ether oxygens (including phenoxy) is 4. The van der Waals surface area contributed by atoms with Gasteiger partial charge in [0.1, 0.15) is 18.1 Å². The van der Waals surface area contributed by atoms with Crippen molar-refractivity contribution in [2.75, 3.05) is 19.8 Å². The maximum atomic E-state index is 12.2. The molecule has 0 bridgehead atoms. The van der Waals surface area contributed by atoms with E-state index in [0.717, 1.165) is 12.8 Å². The minimum atomic E-state index is -1.36. The normalized spacial score (nSPS) is 27.9. The van der Waals surface area contributed by atoms with Gasteiger partial charge in [-0.2, -0.15) is 0 Å². The Morgan fingerprint density at radius 2 is 1.60 bits per heavy atom. The summed E-state index contributed by atoms with van der Waals surface area (Å²) in [6.07, 6.45) is 6.49. The standard InChI is InChI=1S/C18H30O7/c1-2-3-4-5-6-7-8-9-10-22-17(19)13-11-23-16-14(25-18(20)21)12-24-15(13)16/h13-16H,2-12H2,1H3,(H,20,21). The molecule has 2 fully saturated rings. The van der Waals surface area contributed by atoms with Crippen molar-refractivity contribution in [2.45, 2.75) is 76.6 Å². The van der Waals surface area contributed by atoms with Crippen LogP contribution in [0.1, 0.15) is 58.3 Å². The molecular weight excluding hydrogens is 328 g/mol. The fourth-order valence-corrected chi connectivity index (χ4v) is 3.41. The Hall–Kier alpha value is -1.34. The zero-order valence-electron chi connectivity index (χ0n) is 15.0. The third kappa shape index (κ3) is 6.15. The van der Waals surface area contributed by atoms with Gasteiger partial charge >= 0.3 is 12.1 Å². The summed E-state index contributed by atoms with van der Waals surface area (Å²) in [6, 6.07) is 0. The first-order chi connectivity index (χ1) is 12.1. The summed E-state index contributed by atoms with van der Waals surface area (Å²) >= 11 is 0. The lowest BCUT2D eigenvalue weighted by Gasteiger charge is -2.15. The van der Waals surface area contributed by atoms with Gasteiger partial charge in [-0.05, 0) is 6.42 Å². The highest BCUT2D eigenvalue weighted by Crippen LogP contribution is 2.33. The predicted molar refractivity (Wildman–Crippen MR) is 89.4 cm³/mol. The van der Waals surface area contributed by atoms with E-state index in [1.54, 1.807) is 0 Å². The van der Waals surface area contributed by atoms with Crippen LogP contribution in [0, 0.1) is 5.92 Å². The molecule has 1 N–H and O–H groups in total. The van der Waals surface area contributed by atoms with Crippen LogP contribution in [0.25, 0.3) is 0 Å². The molecule has 144 valence electrons. The Morgan fingerprint density at radius 3 is 2.28 bits per heavy atom. The molecule has 0 amide bonds. The van der Waals surface area contributed by atoms with Crippen molar-refractivity contribution in [1.29, 1.82) is 0 Å². The van der Waals surface area contributed by atoms with Crippen LogP contribution in [0.3, 0.4) is 0 Å². The fraction of sp³-hybridized carbons (Fsp3) is 0.889. The van der Waals surface area contributed by atoms with E-state index < -0.39 is 30.4 Å². The van der Waals surface area contributed by atoms with Crippen LogP contribution >= 0.6 is 0 Å². The molecule has 4 unspecified atom stereocenters. The van der Waals surface area contributed by atoms with Gasteiger partial charge in [0.15, 0.2) is 6.10 Å². The molecule has 4 atom stereocenters. The maximum Gasteiger partial charge on any atom is 0.506 e. The third-order valence-electron chi connectivity index (χ3n) is 4.81. The summed E-state index contributed by atoms with van der Waals surface area (Å²) in [7, 11) is 0. The molecule has 25 heavy (non-hydrogen) atoms.